The van der Waals surface area contributed by atoms with Gasteiger partial charge in [-0.25, -0.2) is 0 Å². The number of aromatic nitrogens is 2. The fraction of sp³-hybridized carbons (Fsp3) is 0.267. The molecule has 1 aromatic heterocycles. The van der Waals surface area contributed by atoms with Gasteiger partial charge >= 0.3 is 0 Å². The van der Waals surface area contributed by atoms with Crippen LogP contribution < -0.4 is 5.32 Å². The summed E-state index contributed by atoms with van der Waals surface area (Å²) >= 11 is 5.69. The number of rotatable bonds is 4. The molecule has 2 aromatic rings. The number of nitrogens with zero attached hydrogens (tertiary/aromatic N) is 2. The first-order valence-corrected chi connectivity index (χ1v) is 6.91. The lowest BCUT2D eigenvalue weighted by molar-refractivity contribution is 0.102. The fourth-order valence-corrected chi connectivity index (χ4v) is 2.06. The van der Waals surface area contributed by atoms with E-state index in [9.17, 15) is 4.79 Å². The Balaban J connectivity index is 2.13. The lowest BCUT2D eigenvalue weighted by atomic mass is 10.1. The molecule has 1 N–H and O–H groups in total. The summed E-state index contributed by atoms with van der Waals surface area (Å²) in [6.45, 7) is 3.58. The SMILES string of the molecule is Cc1cc(C(=O)Nc2ccc(CCCl)cc2)c(C)nn1. The summed E-state index contributed by atoms with van der Waals surface area (Å²) in [5.41, 5.74) is 3.78. The molecular formula is C15H16ClN3O. The molecule has 0 bridgehead atoms. The predicted molar refractivity (Wildman–Crippen MR) is 80.3 cm³/mol. The average Bonchev–Trinajstić information content (AvgIpc) is 2.44. The van der Waals surface area contributed by atoms with Crippen molar-refractivity contribution in [1.82, 2.24) is 10.2 Å². The van der Waals surface area contributed by atoms with Gasteiger partial charge in [-0.3, -0.25) is 4.79 Å². The van der Waals surface area contributed by atoms with Crippen LogP contribution in [0.5, 0.6) is 0 Å². The first kappa shape index (κ1) is 14.5. The Hall–Kier alpha value is -1.94. The van der Waals surface area contributed by atoms with Gasteiger partial charge in [0.25, 0.3) is 5.91 Å². The number of benzene rings is 1. The van der Waals surface area contributed by atoms with E-state index in [0.29, 0.717) is 17.1 Å². The number of alkyl halides is 1. The molecule has 0 fully saturated rings. The molecule has 1 heterocycles. The van der Waals surface area contributed by atoms with Crippen molar-refractivity contribution in [2.24, 2.45) is 0 Å². The van der Waals surface area contributed by atoms with Crippen molar-refractivity contribution >= 4 is 23.2 Å². The Labute approximate surface area is 123 Å². The zero-order valence-corrected chi connectivity index (χ0v) is 12.2. The number of amides is 1. The Kier molecular flexibility index (Phi) is 4.69. The van der Waals surface area contributed by atoms with Crippen LogP contribution in [0.1, 0.15) is 27.3 Å². The van der Waals surface area contributed by atoms with E-state index in [-0.39, 0.29) is 5.91 Å². The van der Waals surface area contributed by atoms with Gasteiger partial charge in [-0.15, -0.1) is 11.6 Å². The maximum absolute atomic E-state index is 12.2. The summed E-state index contributed by atoms with van der Waals surface area (Å²) in [6, 6.07) is 9.40. The van der Waals surface area contributed by atoms with E-state index in [1.807, 2.05) is 31.2 Å². The van der Waals surface area contributed by atoms with Crippen molar-refractivity contribution in [2.45, 2.75) is 20.3 Å². The third kappa shape index (κ3) is 3.54. The topological polar surface area (TPSA) is 54.9 Å². The van der Waals surface area contributed by atoms with Crippen LogP contribution in [0.15, 0.2) is 30.3 Å². The number of carbonyl (C=O) groups excluding carboxylic acids is 1. The minimum atomic E-state index is -0.175. The molecule has 2 rings (SSSR count). The highest BCUT2D eigenvalue weighted by Crippen LogP contribution is 2.13. The number of anilines is 1. The van der Waals surface area contributed by atoms with Gasteiger partial charge < -0.3 is 5.32 Å². The molecule has 1 aromatic carbocycles. The molecule has 0 saturated heterocycles. The van der Waals surface area contributed by atoms with Crippen molar-refractivity contribution in [3.8, 4) is 0 Å². The van der Waals surface area contributed by atoms with E-state index >= 15 is 0 Å². The van der Waals surface area contributed by atoms with Gasteiger partial charge in [0.05, 0.1) is 17.0 Å². The Bertz CT molecular complexity index is 611. The molecule has 0 spiro atoms. The van der Waals surface area contributed by atoms with Crippen LogP contribution >= 0.6 is 11.6 Å². The van der Waals surface area contributed by atoms with Crippen molar-refractivity contribution in [2.75, 3.05) is 11.2 Å². The molecule has 0 saturated carbocycles. The number of hydrogen-bond donors (Lipinski definition) is 1. The molecule has 0 aliphatic heterocycles. The summed E-state index contributed by atoms with van der Waals surface area (Å²) < 4.78 is 0. The number of halogens is 1. The first-order chi connectivity index (χ1) is 9.60. The Morgan fingerprint density at radius 3 is 2.55 bits per heavy atom. The van der Waals surface area contributed by atoms with Crippen LogP contribution in [0.25, 0.3) is 0 Å². The summed E-state index contributed by atoms with van der Waals surface area (Å²) in [4.78, 5) is 12.2. The standard InChI is InChI=1S/C15H16ClN3O/c1-10-9-14(11(2)19-18-10)15(20)17-13-5-3-12(4-6-13)7-8-16/h3-6,9H,7-8H2,1-2H3,(H,17,20). The molecule has 0 unspecified atom stereocenters. The van der Waals surface area contributed by atoms with Crippen LogP contribution in [0, 0.1) is 13.8 Å². The molecule has 4 nitrogen and oxygen atoms in total. The van der Waals surface area contributed by atoms with Crippen LogP contribution in [0.2, 0.25) is 0 Å². The van der Waals surface area contributed by atoms with E-state index in [1.165, 1.54) is 0 Å². The molecular weight excluding hydrogens is 274 g/mol. The van der Waals surface area contributed by atoms with Gasteiger partial charge in [0.2, 0.25) is 0 Å². The zero-order valence-electron chi connectivity index (χ0n) is 11.5. The third-order valence-corrected chi connectivity index (χ3v) is 3.13. The molecule has 104 valence electrons. The van der Waals surface area contributed by atoms with E-state index < -0.39 is 0 Å². The van der Waals surface area contributed by atoms with Gasteiger partial charge in [0.15, 0.2) is 0 Å². The van der Waals surface area contributed by atoms with E-state index in [4.69, 9.17) is 11.6 Å². The van der Waals surface area contributed by atoms with Crippen molar-refractivity contribution in [3.63, 3.8) is 0 Å². The number of carbonyl (C=O) groups is 1. The first-order valence-electron chi connectivity index (χ1n) is 6.37. The van der Waals surface area contributed by atoms with Gasteiger partial charge in [-0.05, 0) is 44.0 Å². The second kappa shape index (κ2) is 6.48. The van der Waals surface area contributed by atoms with E-state index in [1.54, 1.807) is 13.0 Å². The Morgan fingerprint density at radius 2 is 1.90 bits per heavy atom. The minimum absolute atomic E-state index is 0.175. The average molecular weight is 290 g/mol. The number of hydrogen-bond acceptors (Lipinski definition) is 3. The van der Waals surface area contributed by atoms with Crippen LogP contribution in [0.3, 0.4) is 0 Å². The number of aryl methyl sites for hydroxylation is 3. The molecule has 1 amide bonds. The third-order valence-electron chi connectivity index (χ3n) is 2.94. The maximum Gasteiger partial charge on any atom is 0.257 e. The van der Waals surface area contributed by atoms with Crippen molar-refractivity contribution in [3.05, 3.63) is 52.8 Å². The Morgan fingerprint density at radius 1 is 1.20 bits per heavy atom. The maximum atomic E-state index is 12.2. The molecule has 20 heavy (non-hydrogen) atoms. The van der Waals surface area contributed by atoms with Gasteiger partial charge in [-0.1, -0.05) is 12.1 Å². The smallest absolute Gasteiger partial charge is 0.257 e. The zero-order chi connectivity index (χ0) is 14.5. The molecule has 5 heteroatoms. The van der Waals surface area contributed by atoms with Gasteiger partial charge in [0.1, 0.15) is 0 Å². The molecule has 0 aliphatic carbocycles. The molecule has 0 aliphatic rings. The summed E-state index contributed by atoms with van der Waals surface area (Å²) in [6.07, 6.45) is 0.822. The lowest BCUT2D eigenvalue weighted by Crippen LogP contribution is -2.15. The fourth-order valence-electron chi connectivity index (χ4n) is 1.84. The summed E-state index contributed by atoms with van der Waals surface area (Å²) in [5.74, 6) is 0.415. The number of nitrogens with one attached hydrogen (secondary N) is 1. The minimum Gasteiger partial charge on any atom is -0.322 e. The normalized spacial score (nSPS) is 10.3. The van der Waals surface area contributed by atoms with Gasteiger partial charge in [-0.2, -0.15) is 10.2 Å². The van der Waals surface area contributed by atoms with Crippen LogP contribution in [-0.4, -0.2) is 22.0 Å². The van der Waals surface area contributed by atoms with E-state index in [2.05, 4.69) is 15.5 Å². The largest absolute Gasteiger partial charge is 0.322 e. The monoisotopic (exact) mass is 289 g/mol. The summed E-state index contributed by atoms with van der Waals surface area (Å²) in [5, 5.41) is 10.7. The van der Waals surface area contributed by atoms with Crippen LogP contribution in [0.4, 0.5) is 5.69 Å². The highest BCUT2D eigenvalue weighted by Gasteiger charge is 2.11. The predicted octanol–water partition coefficient (Wildman–Crippen LogP) is 3.13. The second-order valence-corrected chi connectivity index (χ2v) is 4.95. The van der Waals surface area contributed by atoms with Crippen molar-refractivity contribution < 1.29 is 4.79 Å². The van der Waals surface area contributed by atoms with Crippen molar-refractivity contribution in [1.29, 1.82) is 0 Å². The quantitative estimate of drug-likeness (QED) is 0.880. The highest BCUT2D eigenvalue weighted by molar-refractivity contribution is 6.18. The van der Waals surface area contributed by atoms with E-state index in [0.717, 1.165) is 23.4 Å². The second-order valence-electron chi connectivity index (χ2n) is 4.57. The van der Waals surface area contributed by atoms with Crippen LogP contribution in [-0.2, 0) is 6.42 Å². The molecule has 0 atom stereocenters. The van der Waals surface area contributed by atoms with Gasteiger partial charge in [0, 0.05) is 11.6 Å². The summed E-state index contributed by atoms with van der Waals surface area (Å²) in [7, 11) is 0. The highest BCUT2D eigenvalue weighted by atomic mass is 35.5. The lowest BCUT2D eigenvalue weighted by Gasteiger charge is -2.08. The molecule has 0 radical (unpaired) electrons.